The van der Waals surface area contributed by atoms with Crippen molar-refractivity contribution in [1.29, 1.82) is 0 Å². The van der Waals surface area contributed by atoms with Crippen LogP contribution in [0.15, 0.2) is 36.4 Å². The Balaban J connectivity index is 2.27. The summed E-state index contributed by atoms with van der Waals surface area (Å²) < 4.78 is 30.5. The van der Waals surface area contributed by atoms with Crippen LogP contribution in [0.25, 0.3) is 0 Å². The van der Waals surface area contributed by atoms with Crippen LogP contribution < -0.4 is 9.05 Å². The zero-order valence-electron chi connectivity index (χ0n) is 24.2. The van der Waals surface area contributed by atoms with E-state index in [-0.39, 0.29) is 0 Å². The molecule has 0 heterocycles. The van der Waals surface area contributed by atoms with Gasteiger partial charge in [-0.05, 0) is 85.8 Å². The van der Waals surface area contributed by atoms with E-state index in [1.54, 1.807) is 0 Å². The molecule has 0 amide bonds. The van der Waals surface area contributed by atoms with E-state index >= 15 is 0 Å². The third-order valence-corrected chi connectivity index (χ3v) is 8.51. The van der Waals surface area contributed by atoms with E-state index in [1.807, 2.05) is 24.3 Å². The first-order valence-corrected chi connectivity index (χ1v) is 16.8. The van der Waals surface area contributed by atoms with Gasteiger partial charge in [0.25, 0.3) is 0 Å². The van der Waals surface area contributed by atoms with Gasteiger partial charge in [0.05, 0.1) is 11.9 Å². The number of hydrogen-bond acceptors (Lipinski definition) is 4. The molecule has 214 valence electrons. The van der Waals surface area contributed by atoms with E-state index in [9.17, 15) is 4.57 Å². The lowest BCUT2D eigenvalue weighted by Gasteiger charge is -2.20. The van der Waals surface area contributed by atoms with Crippen molar-refractivity contribution in [2.24, 2.45) is 0 Å². The maximum Gasteiger partial charge on any atom is 0.604 e. The fraction of sp³-hybridized carbons (Fsp3) is 0.625. The molecule has 6 heteroatoms. The average molecular weight is 565 g/mol. The second-order valence-corrected chi connectivity index (χ2v) is 12.2. The normalized spacial score (nSPS) is 11.6. The molecule has 38 heavy (non-hydrogen) atoms. The minimum absolute atomic E-state index is 0.521. The molecule has 0 radical (unpaired) electrons. The molecule has 0 spiro atoms. The topological polar surface area (TPSA) is 44.8 Å². The molecule has 4 nitrogen and oxygen atoms in total. The van der Waals surface area contributed by atoms with Crippen LogP contribution in [0.5, 0.6) is 11.5 Å². The van der Waals surface area contributed by atoms with Crippen molar-refractivity contribution in [2.45, 2.75) is 130 Å². The number of benzene rings is 2. The third kappa shape index (κ3) is 11.7. The van der Waals surface area contributed by atoms with Gasteiger partial charge in [-0.15, -0.1) is 0 Å². The van der Waals surface area contributed by atoms with Crippen molar-refractivity contribution in [1.82, 2.24) is 0 Å². The Bertz CT molecular complexity index is 904. The van der Waals surface area contributed by atoms with Crippen LogP contribution in [-0.2, 0) is 34.3 Å². The molecule has 0 fully saturated rings. The molecular formula is C32H50ClO4P. The molecule has 0 bridgehead atoms. The van der Waals surface area contributed by atoms with Crippen molar-refractivity contribution in [3.05, 3.63) is 58.7 Å². The van der Waals surface area contributed by atoms with E-state index in [2.05, 4.69) is 39.8 Å². The number of unbranched alkanes of at least 4 members (excludes halogenated alkanes) is 8. The van der Waals surface area contributed by atoms with Crippen LogP contribution in [0.2, 0.25) is 0 Å². The highest BCUT2D eigenvalue weighted by Gasteiger charge is 2.33. The fourth-order valence-corrected chi connectivity index (χ4v) is 5.82. The molecule has 0 aliphatic rings. The Morgan fingerprint density at radius 2 is 0.947 bits per heavy atom. The van der Waals surface area contributed by atoms with Gasteiger partial charge in [-0.1, -0.05) is 103 Å². The minimum atomic E-state index is -4.09. The van der Waals surface area contributed by atoms with Gasteiger partial charge in [-0.25, -0.2) is 4.57 Å². The molecule has 0 aromatic heterocycles. The Labute approximate surface area is 237 Å². The van der Waals surface area contributed by atoms with Crippen molar-refractivity contribution in [3.63, 3.8) is 0 Å². The van der Waals surface area contributed by atoms with Crippen molar-refractivity contribution in [2.75, 3.05) is 0 Å². The Kier molecular flexibility index (Phi) is 16.1. The monoisotopic (exact) mass is 564 g/mol. The van der Waals surface area contributed by atoms with Crippen molar-refractivity contribution in [3.8, 4) is 11.5 Å². The van der Waals surface area contributed by atoms with Gasteiger partial charge in [0.2, 0.25) is 0 Å². The number of rotatable bonds is 21. The summed E-state index contributed by atoms with van der Waals surface area (Å²) in [6.45, 7) is 8.81. The zero-order valence-corrected chi connectivity index (χ0v) is 25.9. The molecule has 0 aliphatic carbocycles. The van der Waals surface area contributed by atoms with E-state index in [0.29, 0.717) is 11.5 Å². The SMILES string of the molecule is CCCCCc1ccc(OP(=O)(OCl)Oc2ccc(CCCCC)cc2CCCCC)c(CCCCC)c1. The molecule has 2 aromatic carbocycles. The maximum atomic E-state index is 13.7. The first-order chi connectivity index (χ1) is 18.5. The molecular weight excluding hydrogens is 515 g/mol. The second kappa shape index (κ2) is 18.7. The van der Waals surface area contributed by atoms with Crippen molar-refractivity contribution >= 4 is 19.7 Å². The quantitative estimate of drug-likeness (QED) is 0.112. The highest BCUT2D eigenvalue weighted by atomic mass is 35.5. The van der Waals surface area contributed by atoms with Crippen LogP contribution in [0.4, 0.5) is 0 Å². The Hall–Kier alpha value is -1.48. The van der Waals surface area contributed by atoms with Gasteiger partial charge in [-0.2, -0.15) is 4.08 Å². The summed E-state index contributed by atoms with van der Waals surface area (Å²) in [5.41, 5.74) is 4.60. The second-order valence-electron chi connectivity index (χ2n) is 10.4. The summed E-state index contributed by atoms with van der Waals surface area (Å²) >= 11 is 5.79. The lowest BCUT2D eigenvalue weighted by atomic mass is 10.0. The molecule has 2 rings (SSSR count). The molecule has 0 atom stereocenters. The summed E-state index contributed by atoms with van der Waals surface area (Å²) in [7, 11) is -4.09. The highest BCUT2D eigenvalue weighted by Crippen LogP contribution is 2.52. The lowest BCUT2D eigenvalue weighted by Crippen LogP contribution is -2.05. The van der Waals surface area contributed by atoms with Gasteiger partial charge in [0, 0.05) is 0 Å². The molecule has 2 aromatic rings. The van der Waals surface area contributed by atoms with Crippen molar-refractivity contribution < 1.29 is 17.7 Å². The predicted octanol–water partition coefficient (Wildman–Crippen LogP) is 11.4. The Morgan fingerprint density at radius 3 is 1.29 bits per heavy atom. The van der Waals surface area contributed by atoms with Crippen LogP contribution in [0.3, 0.4) is 0 Å². The molecule has 0 saturated carbocycles. The van der Waals surface area contributed by atoms with Gasteiger partial charge in [-0.3, -0.25) is 0 Å². The predicted molar refractivity (Wildman–Crippen MR) is 162 cm³/mol. The fourth-order valence-electron chi connectivity index (χ4n) is 4.72. The molecule has 0 N–H and O–H groups in total. The lowest BCUT2D eigenvalue weighted by molar-refractivity contribution is 0.305. The summed E-state index contributed by atoms with van der Waals surface area (Å²) in [6, 6.07) is 12.3. The Morgan fingerprint density at radius 1 is 0.579 bits per heavy atom. The number of phosphoric acid groups is 1. The molecule has 0 saturated heterocycles. The molecule has 0 unspecified atom stereocenters. The largest absolute Gasteiger partial charge is 0.604 e. The van der Waals surface area contributed by atoms with E-state index in [4.69, 9.17) is 25.0 Å². The first-order valence-electron chi connectivity index (χ1n) is 15.0. The van der Waals surface area contributed by atoms with Gasteiger partial charge >= 0.3 is 7.82 Å². The number of aryl methyl sites for hydroxylation is 4. The van der Waals surface area contributed by atoms with Gasteiger partial charge < -0.3 is 9.05 Å². The number of hydrogen-bond donors (Lipinski definition) is 0. The van der Waals surface area contributed by atoms with Crippen LogP contribution >= 0.6 is 19.7 Å². The van der Waals surface area contributed by atoms with Crippen LogP contribution in [0, 0.1) is 0 Å². The highest BCUT2D eigenvalue weighted by molar-refractivity contribution is 7.50. The summed E-state index contributed by atoms with van der Waals surface area (Å²) in [4.78, 5) is 0. The third-order valence-electron chi connectivity index (χ3n) is 6.99. The number of phosphoric ester groups is 1. The van der Waals surface area contributed by atoms with Gasteiger partial charge in [0.1, 0.15) is 11.5 Å². The van der Waals surface area contributed by atoms with Gasteiger partial charge in [0.15, 0.2) is 0 Å². The van der Waals surface area contributed by atoms with E-state index in [1.165, 1.54) is 36.8 Å². The summed E-state index contributed by atoms with van der Waals surface area (Å²) in [5, 5.41) is 0. The van der Waals surface area contributed by atoms with E-state index in [0.717, 1.165) is 88.2 Å². The zero-order chi connectivity index (χ0) is 27.6. The smallest absolute Gasteiger partial charge is 0.394 e. The molecule has 0 aliphatic heterocycles. The van der Waals surface area contributed by atoms with Crippen LogP contribution in [-0.4, -0.2) is 0 Å². The summed E-state index contributed by atoms with van der Waals surface area (Å²) in [5.74, 6) is 1.04. The van der Waals surface area contributed by atoms with Crippen LogP contribution in [0.1, 0.15) is 127 Å². The standard InChI is InChI=1S/C32H50ClO4P/c1-5-9-13-17-27-21-23-31(29(25-27)19-15-11-7-3)35-38(34,37-33)36-32-24-22-28(18-14-10-6-2)26-30(32)20-16-12-8-4/h21-26H,5-20H2,1-4H3. The van der Waals surface area contributed by atoms with E-state index < -0.39 is 7.82 Å². The minimum Gasteiger partial charge on any atom is -0.394 e. The average Bonchev–Trinajstić information content (AvgIpc) is 2.92. The first kappa shape index (κ1) is 32.7. The maximum absolute atomic E-state index is 13.7. The summed E-state index contributed by atoms with van der Waals surface area (Å²) in [6.07, 6.45) is 17.5. The number of halogens is 1.